The fourth-order valence-corrected chi connectivity index (χ4v) is 3.20. The molecule has 0 fully saturated rings. The van der Waals surface area contributed by atoms with Crippen molar-refractivity contribution >= 4 is 33.7 Å². The van der Waals surface area contributed by atoms with Crippen molar-refractivity contribution in [1.29, 1.82) is 0 Å². The fourth-order valence-electron chi connectivity index (χ4n) is 3.20. The molecular formula is C20H15N3O5. The second-order valence-corrected chi connectivity index (χ2v) is 6.36. The van der Waals surface area contributed by atoms with Crippen LogP contribution >= 0.6 is 0 Å². The number of benzene rings is 2. The number of hydrogen-bond donors (Lipinski definition) is 1. The van der Waals surface area contributed by atoms with Gasteiger partial charge >= 0.3 is 0 Å². The predicted octanol–water partition coefficient (Wildman–Crippen LogP) is 2.55. The Kier molecular flexibility index (Phi) is 3.75. The lowest BCUT2D eigenvalue weighted by Crippen LogP contribution is -2.27. The van der Waals surface area contributed by atoms with Gasteiger partial charge in [-0.2, -0.15) is 0 Å². The molecule has 3 heterocycles. The molecule has 0 atom stereocenters. The highest BCUT2D eigenvalue weighted by Crippen LogP contribution is 2.32. The van der Waals surface area contributed by atoms with E-state index >= 15 is 0 Å². The van der Waals surface area contributed by atoms with Gasteiger partial charge in [0.1, 0.15) is 30.9 Å². The standard InChI is InChI=1S/C20H15N3O5/c24-17(22-12-5-6-15-16(9-12)27-8-7-26-15)10-23-11-21-18-13-3-1-2-4-14(13)28-19(18)20(23)25/h1-6,9,11H,7-8,10H2,(H,22,24). The smallest absolute Gasteiger partial charge is 0.297 e. The number of ether oxygens (including phenoxy) is 2. The molecule has 0 saturated heterocycles. The lowest BCUT2D eigenvalue weighted by molar-refractivity contribution is -0.116. The first-order valence-corrected chi connectivity index (χ1v) is 8.75. The molecule has 0 aliphatic carbocycles. The molecule has 1 aliphatic rings. The van der Waals surface area contributed by atoms with E-state index in [-0.39, 0.29) is 18.0 Å². The summed E-state index contributed by atoms with van der Waals surface area (Å²) in [5.74, 6) is 0.850. The average molecular weight is 377 g/mol. The number of fused-ring (bicyclic) bond motifs is 4. The molecule has 0 unspecified atom stereocenters. The molecule has 1 aliphatic heterocycles. The van der Waals surface area contributed by atoms with Gasteiger partial charge in [0.2, 0.25) is 11.5 Å². The van der Waals surface area contributed by atoms with Crippen molar-refractivity contribution in [2.45, 2.75) is 6.54 Å². The number of carbonyl (C=O) groups excluding carboxylic acids is 1. The van der Waals surface area contributed by atoms with Crippen molar-refractivity contribution in [3.8, 4) is 11.5 Å². The zero-order valence-electron chi connectivity index (χ0n) is 14.7. The van der Waals surface area contributed by atoms with Crippen LogP contribution in [-0.2, 0) is 11.3 Å². The Labute approximate surface area is 158 Å². The van der Waals surface area contributed by atoms with E-state index in [2.05, 4.69) is 10.3 Å². The molecule has 2 aromatic heterocycles. The normalized spacial score (nSPS) is 13.0. The first-order chi connectivity index (χ1) is 13.7. The van der Waals surface area contributed by atoms with Crippen molar-refractivity contribution in [1.82, 2.24) is 9.55 Å². The van der Waals surface area contributed by atoms with Gasteiger partial charge in [-0.1, -0.05) is 12.1 Å². The average Bonchev–Trinajstić information content (AvgIpc) is 3.09. The summed E-state index contributed by atoms with van der Waals surface area (Å²) in [6.07, 6.45) is 1.36. The molecular weight excluding hydrogens is 362 g/mol. The third-order valence-corrected chi connectivity index (χ3v) is 4.49. The Hall–Kier alpha value is -3.81. The number of nitrogens with one attached hydrogen (secondary N) is 1. The summed E-state index contributed by atoms with van der Waals surface area (Å²) in [4.78, 5) is 29.4. The maximum absolute atomic E-state index is 12.7. The third-order valence-electron chi connectivity index (χ3n) is 4.49. The molecule has 2 aromatic carbocycles. The molecule has 0 spiro atoms. The third kappa shape index (κ3) is 2.75. The summed E-state index contributed by atoms with van der Waals surface area (Å²) < 4.78 is 17.8. The number of rotatable bonds is 3. The molecule has 5 rings (SSSR count). The topological polar surface area (TPSA) is 95.6 Å². The van der Waals surface area contributed by atoms with E-state index in [4.69, 9.17) is 13.9 Å². The van der Waals surface area contributed by atoms with Crippen LogP contribution in [0.3, 0.4) is 0 Å². The van der Waals surface area contributed by atoms with Crippen LogP contribution in [0.5, 0.6) is 11.5 Å². The first-order valence-electron chi connectivity index (χ1n) is 8.75. The van der Waals surface area contributed by atoms with Gasteiger partial charge in [-0.3, -0.25) is 14.2 Å². The minimum absolute atomic E-state index is 0.135. The quantitative estimate of drug-likeness (QED) is 0.590. The molecule has 8 heteroatoms. The first kappa shape index (κ1) is 16.4. The van der Waals surface area contributed by atoms with Gasteiger partial charge in [0.25, 0.3) is 5.56 Å². The molecule has 4 aromatic rings. The summed E-state index contributed by atoms with van der Waals surface area (Å²) in [6, 6.07) is 12.4. The van der Waals surface area contributed by atoms with Crippen LogP contribution in [0.25, 0.3) is 22.1 Å². The number of hydrogen-bond acceptors (Lipinski definition) is 6. The van der Waals surface area contributed by atoms with Crippen LogP contribution in [-0.4, -0.2) is 28.7 Å². The summed E-state index contributed by atoms with van der Waals surface area (Å²) in [5.41, 5.74) is 1.36. The molecule has 1 amide bonds. The Morgan fingerprint density at radius 3 is 2.82 bits per heavy atom. The number of amides is 1. The number of furan rings is 1. The molecule has 1 N–H and O–H groups in total. The van der Waals surface area contributed by atoms with E-state index in [0.29, 0.717) is 41.5 Å². The van der Waals surface area contributed by atoms with Gasteiger partial charge in [-0.25, -0.2) is 4.98 Å². The van der Waals surface area contributed by atoms with E-state index in [9.17, 15) is 9.59 Å². The zero-order valence-corrected chi connectivity index (χ0v) is 14.7. The SMILES string of the molecule is O=C(Cn1cnc2c(oc3ccccc32)c1=O)Nc1ccc2c(c1)OCCO2. The van der Waals surface area contributed by atoms with Gasteiger partial charge in [0.05, 0.1) is 6.33 Å². The van der Waals surface area contributed by atoms with E-state index in [1.165, 1.54) is 10.9 Å². The van der Waals surface area contributed by atoms with Crippen LogP contribution in [0.2, 0.25) is 0 Å². The Morgan fingerprint density at radius 1 is 1.11 bits per heavy atom. The summed E-state index contributed by atoms with van der Waals surface area (Å²) in [5, 5.41) is 3.52. The number of aromatic nitrogens is 2. The number of nitrogens with zero attached hydrogens (tertiary/aromatic N) is 2. The monoisotopic (exact) mass is 377 g/mol. The van der Waals surface area contributed by atoms with Gasteiger partial charge in [-0.05, 0) is 24.3 Å². The highest BCUT2D eigenvalue weighted by molar-refractivity contribution is 6.01. The minimum Gasteiger partial charge on any atom is -0.486 e. The van der Waals surface area contributed by atoms with Gasteiger partial charge in [-0.15, -0.1) is 0 Å². The minimum atomic E-state index is -0.404. The van der Waals surface area contributed by atoms with Crippen molar-refractivity contribution in [3.05, 3.63) is 59.1 Å². The Morgan fingerprint density at radius 2 is 1.93 bits per heavy atom. The Bertz CT molecular complexity index is 1270. The van der Waals surface area contributed by atoms with Crippen LogP contribution in [0.4, 0.5) is 5.69 Å². The van der Waals surface area contributed by atoms with Gasteiger partial charge in [0.15, 0.2) is 11.5 Å². The molecule has 8 nitrogen and oxygen atoms in total. The van der Waals surface area contributed by atoms with Crippen molar-refractivity contribution in [3.63, 3.8) is 0 Å². The number of carbonyl (C=O) groups is 1. The number of para-hydroxylation sites is 1. The van der Waals surface area contributed by atoms with Crippen molar-refractivity contribution in [2.24, 2.45) is 0 Å². The number of anilines is 1. The zero-order chi connectivity index (χ0) is 19.1. The van der Waals surface area contributed by atoms with Crippen molar-refractivity contribution in [2.75, 3.05) is 18.5 Å². The highest BCUT2D eigenvalue weighted by atomic mass is 16.6. The summed E-state index contributed by atoms with van der Waals surface area (Å²) >= 11 is 0. The fraction of sp³-hybridized carbons (Fsp3) is 0.150. The van der Waals surface area contributed by atoms with E-state index < -0.39 is 5.56 Å². The molecule has 140 valence electrons. The molecule has 0 saturated carbocycles. The molecule has 28 heavy (non-hydrogen) atoms. The predicted molar refractivity (Wildman–Crippen MR) is 102 cm³/mol. The van der Waals surface area contributed by atoms with Crippen LogP contribution in [0.1, 0.15) is 0 Å². The maximum atomic E-state index is 12.7. The summed E-state index contributed by atoms with van der Waals surface area (Å²) in [7, 11) is 0. The van der Waals surface area contributed by atoms with Gasteiger partial charge < -0.3 is 19.2 Å². The Balaban J connectivity index is 1.40. The van der Waals surface area contributed by atoms with Crippen LogP contribution < -0.4 is 20.3 Å². The second-order valence-electron chi connectivity index (χ2n) is 6.36. The van der Waals surface area contributed by atoms with E-state index in [0.717, 1.165) is 5.39 Å². The second kappa shape index (κ2) is 6.41. The maximum Gasteiger partial charge on any atom is 0.297 e. The van der Waals surface area contributed by atoms with E-state index in [1.807, 2.05) is 18.2 Å². The largest absolute Gasteiger partial charge is 0.486 e. The lowest BCUT2D eigenvalue weighted by atomic mass is 10.2. The summed E-state index contributed by atoms with van der Waals surface area (Å²) in [6.45, 7) is 0.773. The molecule has 0 bridgehead atoms. The van der Waals surface area contributed by atoms with Gasteiger partial charge in [0, 0.05) is 17.1 Å². The van der Waals surface area contributed by atoms with Crippen molar-refractivity contribution < 1.29 is 18.7 Å². The lowest BCUT2D eigenvalue weighted by Gasteiger charge is -2.19. The van der Waals surface area contributed by atoms with Crippen LogP contribution in [0.15, 0.2) is 58.0 Å². The highest BCUT2D eigenvalue weighted by Gasteiger charge is 2.16. The molecule has 0 radical (unpaired) electrons. The van der Waals surface area contributed by atoms with E-state index in [1.54, 1.807) is 24.3 Å². The van der Waals surface area contributed by atoms with Crippen LogP contribution in [0, 0.1) is 0 Å².